The standard InChI is InChI=1S/C13H16N2O5/c1-3-7-14(9-13(16)17)10-5-6-11(15(18)19)12(8-10)20-4-2/h3,5-6,8H,1,4,7,9H2,2H3,(H,16,17). The van der Waals surface area contributed by atoms with Crippen molar-refractivity contribution in [3.05, 3.63) is 41.0 Å². The van der Waals surface area contributed by atoms with E-state index >= 15 is 0 Å². The quantitative estimate of drug-likeness (QED) is 0.445. The minimum Gasteiger partial charge on any atom is -0.487 e. The van der Waals surface area contributed by atoms with Crippen molar-refractivity contribution in [2.45, 2.75) is 6.92 Å². The molecule has 1 aromatic rings. The molecule has 1 rings (SSSR count). The van der Waals surface area contributed by atoms with E-state index in [1.165, 1.54) is 23.1 Å². The van der Waals surface area contributed by atoms with Crippen molar-refractivity contribution in [1.29, 1.82) is 0 Å². The van der Waals surface area contributed by atoms with Gasteiger partial charge < -0.3 is 14.7 Å². The van der Waals surface area contributed by atoms with Gasteiger partial charge in [0, 0.05) is 24.4 Å². The third-order valence-corrected chi connectivity index (χ3v) is 2.48. The van der Waals surface area contributed by atoms with E-state index in [1.54, 1.807) is 13.0 Å². The second kappa shape index (κ2) is 7.13. The Balaban J connectivity index is 3.15. The van der Waals surface area contributed by atoms with Crippen LogP contribution in [0.15, 0.2) is 30.9 Å². The molecule has 0 aromatic heterocycles. The molecule has 1 N–H and O–H groups in total. The molecular formula is C13H16N2O5. The highest BCUT2D eigenvalue weighted by molar-refractivity contribution is 5.74. The summed E-state index contributed by atoms with van der Waals surface area (Å²) < 4.78 is 5.23. The average molecular weight is 280 g/mol. The van der Waals surface area contributed by atoms with Crippen LogP contribution in [0.1, 0.15) is 6.92 Å². The summed E-state index contributed by atoms with van der Waals surface area (Å²) in [5, 5.41) is 19.8. The number of carboxylic acid groups (broad SMARTS) is 1. The molecule has 7 nitrogen and oxygen atoms in total. The third kappa shape index (κ3) is 3.98. The maximum Gasteiger partial charge on any atom is 0.323 e. The van der Waals surface area contributed by atoms with Gasteiger partial charge in [-0.3, -0.25) is 14.9 Å². The lowest BCUT2D eigenvalue weighted by atomic mass is 10.2. The van der Waals surface area contributed by atoms with Gasteiger partial charge in [-0.1, -0.05) is 6.08 Å². The second-order valence-corrected chi connectivity index (χ2v) is 3.91. The number of nitro groups is 1. The summed E-state index contributed by atoms with van der Waals surface area (Å²) in [6.07, 6.45) is 1.56. The SMILES string of the molecule is C=CCN(CC(=O)O)c1ccc([N+](=O)[O-])c(OCC)c1. The van der Waals surface area contributed by atoms with Gasteiger partial charge in [0.25, 0.3) is 0 Å². The Hall–Kier alpha value is -2.57. The van der Waals surface area contributed by atoms with Crippen molar-refractivity contribution in [1.82, 2.24) is 0 Å². The van der Waals surface area contributed by atoms with E-state index in [-0.39, 0.29) is 24.6 Å². The molecule has 0 aliphatic heterocycles. The average Bonchev–Trinajstić information content (AvgIpc) is 2.37. The second-order valence-electron chi connectivity index (χ2n) is 3.91. The number of anilines is 1. The lowest BCUT2D eigenvalue weighted by Crippen LogP contribution is -2.29. The first kappa shape index (κ1) is 15.5. The molecule has 0 aliphatic rings. The van der Waals surface area contributed by atoms with Gasteiger partial charge >= 0.3 is 11.7 Å². The van der Waals surface area contributed by atoms with Crippen LogP contribution in [0.2, 0.25) is 0 Å². The van der Waals surface area contributed by atoms with Crippen molar-refractivity contribution in [3.8, 4) is 5.75 Å². The van der Waals surface area contributed by atoms with Crippen LogP contribution in [0.3, 0.4) is 0 Å². The van der Waals surface area contributed by atoms with Crippen LogP contribution in [0.25, 0.3) is 0 Å². The molecular weight excluding hydrogens is 264 g/mol. The third-order valence-electron chi connectivity index (χ3n) is 2.48. The van der Waals surface area contributed by atoms with Crippen LogP contribution < -0.4 is 9.64 Å². The molecule has 0 bridgehead atoms. The summed E-state index contributed by atoms with van der Waals surface area (Å²) in [4.78, 5) is 22.7. The lowest BCUT2D eigenvalue weighted by molar-refractivity contribution is -0.385. The Morgan fingerprint density at radius 1 is 1.60 bits per heavy atom. The van der Waals surface area contributed by atoms with Crippen molar-refractivity contribution >= 4 is 17.3 Å². The fourth-order valence-corrected chi connectivity index (χ4v) is 1.70. The highest BCUT2D eigenvalue weighted by atomic mass is 16.6. The van der Waals surface area contributed by atoms with Crippen molar-refractivity contribution < 1.29 is 19.6 Å². The van der Waals surface area contributed by atoms with Gasteiger partial charge in [-0.2, -0.15) is 0 Å². The van der Waals surface area contributed by atoms with E-state index in [0.717, 1.165) is 0 Å². The van der Waals surface area contributed by atoms with E-state index in [2.05, 4.69) is 6.58 Å². The fourth-order valence-electron chi connectivity index (χ4n) is 1.70. The number of benzene rings is 1. The van der Waals surface area contributed by atoms with Gasteiger partial charge in [-0.25, -0.2) is 0 Å². The van der Waals surface area contributed by atoms with Crippen molar-refractivity contribution in [2.24, 2.45) is 0 Å². The van der Waals surface area contributed by atoms with Crippen molar-refractivity contribution in [2.75, 3.05) is 24.6 Å². The Kier molecular flexibility index (Phi) is 5.52. The molecule has 0 saturated heterocycles. The summed E-state index contributed by atoms with van der Waals surface area (Å²) in [5.41, 5.74) is 0.380. The van der Waals surface area contributed by atoms with Crippen LogP contribution in [-0.2, 0) is 4.79 Å². The number of hydrogen-bond acceptors (Lipinski definition) is 5. The topological polar surface area (TPSA) is 92.9 Å². The van der Waals surface area contributed by atoms with Gasteiger partial charge in [0.05, 0.1) is 11.5 Å². The van der Waals surface area contributed by atoms with E-state index in [0.29, 0.717) is 12.2 Å². The maximum atomic E-state index is 10.9. The number of ether oxygens (including phenoxy) is 1. The minimum atomic E-state index is -0.997. The van der Waals surface area contributed by atoms with Gasteiger partial charge in [0.2, 0.25) is 0 Å². The molecule has 108 valence electrons. The summed E-state index contributed by atoms with van der Waals surface area (Å²) in [7, 11) is 0. The number of rotatable bonds is 8. The number of carboxylic acids is 1. The molecule has 0 saturated carbocycles. The number of carbonyl (C=O) groups is 1. The van der Waals surface area contributed by atoms with Gasteiger partial charge in [-0.15, -0.1) is 6.58 Å². The maximum absolute atomic E-state index is 10.9. The monoisotopic (exact) mass is 280 g/mol. The number of hydrogen-bond donors (Lipinski definition) is 1. The summed E-state index contributed by atoms with van der Waals surface area (Å²) >= 11 is 0. The molecule has 0 unspecified atom stereocenters. The lowest BCUT2D eigenvalue weighted by Gasteiger charge is -2.21. The van der Waals surface area contributed by atoms with Crippen LogP contribution in [0, 0.1) is 10.1 Å². The van der Waals surface area contributed by atoms with E-state index in [9.17, 15) is 14.9 Å². The van der Waals surface area contributed by atoms with E-state index < -0.39 is 10.9 Å². The highest BCUT2D eigenvalue weighted by Crippen LogP contribution is 2.31. The Morgan fingerprint density at radius 3 is 2.80 bits per heavy atom. The predicted octanol–water partition coefficient (Wildman–Crippen LogP) is 2.07. The van der Waals surface area contributed by atoms with Gasteiger partial charge in [0.15, 0.2) is 5.75 Å². The molecule has 0 fully saturated rings. The first-order valence-corrected chi connectivity index (χ1v) is 5.98. The smallest absolute Gasteiger partial charge is 0.323 e. The Morgan fingerprint density at radius 2 is 2.30 bits per heavy atom. The van der Waals surface area contributed by atoms with Crippen LogP contribution in [-0.4, -0.2) is 35.7 Å². The van der Waals surface area contributed by atoms with Crippen molar-refractivity contribution in [3.63, 3.8) is 0 Å². The van der Waals surface area contributed by atoms with Crippen LogP contribution in [0.5, 0.6) is 5.75 Å². The molecule has 1 aromatic carbocycles. The summed E-state index contributed by atoms with van der Waals surface area (Å²) in [6.45, 7) is 5.65. The molecule has 7 heteroatoms. The fraction of sp³-hybridized carbons (Fsp3) is 0.308. The summed E-state index contributed by atoms with van der Waals surface area (Å²) in [6, 6.07) is 4.26. The zero-order valence-electron chi connectivity index (χ0n) is 11.1. The molecule has 0 spiro atoms. The predicted molar refractivity (Wildman–Crippen MR) is 74.3 cm³/mol. The number of nitro benzene ring substituents is 1. The van der Waals surface area contributed by atoms with E-state index in [1.807, 2.05) is 0 Å². The normalized spacial score (nSPS) is 9.85. The van der Waals surface area contributed by atoms with Crippen LogP contribution >= 0.6 is 0 Å². The Labute approximate surface area is 116 Å². The molecule has 0 heterocycles. The molecule has 0 amide bonds. The van der Waals surface area contributed by atoms with Gasteiger partial charge in [-0.05, 0) is 13.0 Å². The Bertz CT molecular complexity index is 515. The first-order chi connectivity index (χ1) is 9.49. The number of aliphatic carboxylic acids is 1. The molecule has 0 aliphatic carbocycles. The molecule has 0 atom stereocenters. The number of nitrogens with zero attached hydrogens (tertiary/aromatic N) is 2. The largest absolute Gasteiger partial charge is 0.487 e. The van der Waals surface area contributed by atoms with Crippen LogP contribution in [0.4, 0.5) is 11.4 Å². The minimum absolute atomic E-state index is 0.120. The molecule has 20 heavy (non-hydrogen) atoms. The summed E-state index contributed by atoms with van der Waals surface area (Å²) in [5.74, 6) is -0.877. The van der Waals surface area contributed by atoms with E-state index in [4.69, 9.17) is 9.84 Å². The zero-order chi connectivity index (χ0) is 15.1. The highest BCUT2D eigenvalue weighted by Gasteiger charge is 2.18. The van der Waals surface area contributed by atoms with Gasteiger partial charge in [0.1, 0.15) is 6.54 Å². The molecule has 0 radical (unpaired) electrons. The first-order valence-electron chi connectivity index (χ1n) is 5.98. The zero-order valence-corrected chi connectivity index (χ0v) is 11.1.